The Kier molecular flexibility index (Phi) is 4.62. The molecule has 1 amide bonds. The SMILES string of the molecule is CCc1cccc(C)c1CNC(=O)n1[nH]c2ccc(C(=O)O)cc2c1=O. The van der Waals surface area contributed by atoms with Crippen LogP contribution in [0.25, 0.3) is 10.9 Å². The molecular weight excluding hydrogens is 334 g/mol. The van der Waals surface area contributed by atoms with E-state index in [2.05, 4.69) is 10.4 Å². The molecule has 0 bridgehead atoms. The summed E-state index contributed by atoms with van der Waals surface area (Å²) in [4.78, 5) is 35.9. The molecule has 7 nitrogen and oxygen atoms in total. The number of H-pyrrole nitrogens is 1. The van der Waals surface area contributed by atoms with Crippen molar-refractivity contribution in [3.8, 4) is 0 Å². The van der Waals surface area contributed by atoms with Crippen molar-refractivity contribution in [3.63, 3.8) is 0 Å². The van der Waals surface area contributed by atoms with Gasteiger partial charge in [-0.15, -0.1) is 0 Å². The summed E-state index contributed by atoms with van der Waals surface area (Å²) < 4.78 is 0.861. The van der Waals surface area contributed by atoms with Gasteiger partial charge in [-0.3, -0.25) is 9.89 Å². The number of hydrogen-bond donors (Lipinski definition) is 3. The Morgan fingerprint density at radius 1 is 1.23 bits per heavy atom. The van der Waals surface area contributed by atoms with E-state index in [1.807, 2.05) is 32.0 Å². The number of aromatic carboxylic acids is 1. The van der Waals surface area contributed by atoms with Crippen LogP contribution in [0.15, 0.2) is 41.2 Å². The van der Waals surface area contributed by atoms with Crippen LogP contribution in [0.1, 0.15) is 34.0 Å². The molecule has 1 aromatic heterocycles. The molecule has 2 aromatic carbocycles. The number of carbonyl (C=O) groups excluding carboxylic acids is 1. The molecule has 0 aliphatic heterocycles. The number of rotatable bonds is 4. The fraction of sp³-hybridized carbons (Fsp3) is 0.211. The Hall–Kier alpha value is -3.35. The number of hydrogen-bond acceptors (Lipinski definition) is 3. The third-order valence-electron chi connectivity index (χ3n) is 4.44. The number of aromatic amines is 1. The first-order valence-electron chi connectivity index (χ1n) is 8.26. The fourth-order valence-electron chi connectivity index (χ4n) is 2.98. The van der Waals surface area contributed by atoms with Crippen LogP contribution in [0.2, 0.25) is 0 Å². The van der Waals surface area contributed by atoms with Gasteiger partial charge in [0.1, 0.15) is 0 Å². The lowest BCUT2D eigenvalue weighted by Crippen LogP contribution is -2.35. The summed E-state index contributed by atoms with van der Waals surface area (Å²) in [6.45, 7) is 4.32. The summed E-state index contributed by atoms with van der Waals surface area (Å²) >= 11 is 0. The standard InChI is InChI=1S/C19H19N3O4/c1-3-12-6-4-5-11(2)15(12)10-20-19(26)22-17(23)14-9-13(18(24)25)7-8-16(14)21-22/h4-9,21H,3,10H2,1-2H3,(H,20,26)(H,24,25). The Labute approximate surface area is 149 Å². The molecule has 0 spiro atoms. The molecule has 0 aliphatic carbocycles. The summed E-state index contributed by atoms with van der Waals surface area (Å²) in [7, 11) is 0. The third kappa shape index (κ3) is 3.11. The minimum absolute atomic E-state index is 0.00587. The van der Waals surface area contributed by atoms with Gasteiger partial charge < -0.3 is 10.4 Å². The van der Waals surface area contributed by atoms with Crippen molar-refractivity contribution in [3.05, 3.63) is 69.0 Å². The summed E-state index contributed by atoms with van der Waals surface area (Å²) in [6, 6.07) is 9.48. The number of aryl methyl sites for hydroxylation is 2. The van der Waals surface area contributed by atoms with Crippen LogP contribution >= 0.6 is 0 Å². The first-order valence-corrected chi connectivity index (χ1v) is 8.26. The smallest absolute Gasteiger partial charge is 0.343 e. The third-order valence-corrected chi connectivity index (χ3v) is 4.44. The number of aromatic nitrogens is 2. The number of carboxylic acid groups (broad SMARTS) is 1. The fourth-order valence-corrected chi connectivity index (χ4v) is 2.98. The van der Waals surface area contributed by atoms with Crippen molar-refractivity contribution in [2.45, 2.75) is 26.8 Å². The average Bonchev–Trinajstić information content (AvgIpc) is 2.96. The normalized spacial score (nSPS) is 10.8. The number of carboxylic acids is 1. The minimum atomic E-state index is -1.13. The van der Waals surface area contributed by atoms with Crippen LogP contribution in [0, 0.1) is 6.92 Å². The maximum Gasteiger partial charge on any atom is 0.343 e. The highest BCUT2D eigenvalue weighted by Gasteiger charge is 2.15. The van der Waals surface area contributed by atoms with E-state index in [-0.39, 0.29) is 10.9 Å². The second-order valence-electron chi connectivity index (χ2n) is 6.04. The maximum atomic E-state index is 12.4. The molecular formula is C19H19N3O4. The van der Waals surface area contributed by atoms with Crippen molar-refractivity contribution in [2.24, 2.45) is 0 Å². The second kappa shape index (κ2) is 6.87. The van der Waals surface area contributed by atoms with E-state index in [4.69, 9.17) is 5.11 Å². The molecule has 1 heterocycles. The van der Waals surface area contributed by atoms with E-state index >= 15 is 0 Å². The van der Waals surface area contributed by atoms with E-state index < -0.39 is 17.6 Å². The first kappa shape index (κ1) is 17.5. The number of nitrogens with zero attached hydrogens (tertiary/aromatic N) is 1. The van der Waals surface area contributed by atoms with E-state index in [0.717, 1.165) is 27.8 Å². The van der Waals surface area contributed by atoms with Gasteiger partial charge in [-0.25, -0.2) is 9.59 Å². The molecule has 0 fully saturated rings. The van der Waals surface area contributed by atoms with Crippen molar-refractivity contribution in [1.29, 1.82) is 0 Å². The van der Waals surface area contributed by atoms with Crippen LogP contribution < -0.4 is 10.9 Å². The molecule has 0 atom stereocenters. The van der Waals surface area contributed by atoms with Gasteiger partial charge in [0.2, 0.25) is 0 Å². The largest absolute Gasteiger partial charge is 0.478 e. The average molecular weight is 353 g/mol. The van der Waals surface area contributed by atoms with Crippen molar-refractivity contribution in [2.75, 3.05) is 0 Å². The van der Waals surface area contributed by atoms with E-state index in [9.17, 15) is 14.4 Å². The van der Waals surface area contributed by atoms with Crippen LogP contribution in [-0.4, -0.2) is 26.9 Å². The molecule has 0 saturated heterocycles. The zero-order valence-electron chi connectivity index (χ0n) is 14.5. The van der Waals surface area contributed by atoms with E-state index in [1.54, 1.807) is 0 Å². The molecule has 7 heteroatoms. The van der Waals surface area contributed by atoms with Gasteiger partial charge in [-0.2, -0.15) is 4.68 Å². The monoisotopic (exact) mass is 353 g/mol. The predicted octanol–water partition coefficient (Wildman–Crippen LogP) is 2.66. The number of benzene rings is 2. The molecule has 26 heavy (non-hydrogen) atoms. The number of fused-ring (bicyclic) bond motifs is 1. The molecule has 3 N–H and O–H groups in total. The van der Waals surface area contributed by atoms with E-state index in [0.29, 0.717) is 12.1 Å². The minimum Gasteiger partial charge on any atom is -0.478 e. The molecule has 0 saturated carbocycles. The Bertz CT molecular complexity index is 1060. The second-order valence-corrected chi connectivity index (χ2v) is 6.04. The Balaban J connectivity index is 1.88. The number of amides is 1. The van der Waals surface area contributed by atoms with Gasteiger partial charge in [0.25, 0.3) is 5.56 Å². The van der Waals surface area contributed by atoms with Crippen LogP contribution in [-0.2, 0) is 13.0 Å². The molecule has 0 radical (unpaired) electrons. The summed E-state index contributed by atoms with van der Waals surface area (Å²) in [5.41, 5.74) is 3.05. The lowest BCUT2D eigenvalue weighted by Gasteiger charge is -2.12. The van der Waals surface area contributed by atoms with Gasteiger partial charge in [0.05, 0.1) is 16.5 Å². The summed E-state index contributed by atoms with van der Waals surface area (Å²) in [5.74, 6) is -1.13. The Morgan fingerprint density at radius 2 is 2.00 bits per heavy atom. The predicted molar refractivity (Wildman–Crippen MR) is 97.7 cm³/mol. The highest BCUT2D eigenvalue weighted by atomic mass is 16.4. The van der Waals surface area contributed by atoms with Gasteiger partial charge in [0.15, 0.2) is 0 Å². The molecule has 0 unspecified atom stereocenters. The maximum absolute atomic E-state index is 12.4. The zero-order chi connectivity index (χ0) is 18.8. The van der Waals surface area contributed by atoms with Crippen molar-refractivity contribution >= 4 is 22.9 Å². The Morgan fingerprint density at radius 3 is 2.69 bits per heavy atom. The molecule has 0 aliphatic rings. The summed E-state index contributed by atoms with van der Waals surface area (Å²) in [5, 5.41) is 14.7. The molecule has 3 rings (SSSR count). The highest BCUT2D eigenvalue weighted by molar-refractivity contribution is 5.94. The van der Waals surface area contributed by atoms with E-state index in [1.165, 1.54) is 18.2 Å². The molecule has 3 aromatic rings. The lowest BCUT2D eigenvalue weighted by atomic mass is 10.0. The van der Waals surface area contributed by atoms with Crippen LogP contribution in [0.5, 0.6) is 0 Å². The van der Waals surface area contributed by atoms with Crippen LogP contribution in [0.4, 0.5) is 4.79 Å². The van der Waals surface area contributed by atoms with Gasteiger partial charge in [-0.05, 0) is 48.2 Å². The number of nitrogens with one attached hydrogen (secondary N) is 2. The molecule has 134 valence electrons. The van der Waals surface area contributed by atoms with Crippen LogP contribution in [0.3, 0.4) is 0 Å². The van der Waals surface area contributed by atoms with Gasteiger partial charge in [-0.1, -0.05) is 25.1 Å². The summed E-state index contributed by atoms with van der Waals surface area (Å²) in [6.07, 6.45) is 0.844. The first-order chi connectivity index (χ1) is 12.4. The van der Waals surface area contributed by atoms with Crippen molar-refractivity contribution < 1.29 is 14.7 Å². The zero-order valence-corrected chi connectivity index (χ0v) is 14.5. The van der Waals surface area contributed by atoms with Gasteiger partial charge in [0, 0.05) is 6.54 Å². The quantitative estimate of drug-likeness (QED) is 0.671. The van der Waals surface area contributed by atoms with Gasteiger partial charge >= 0.3 is 12.0 Å². The van der Waals surface area contributed by atoms with Crippen molar-refractivity contribution in [1.82, 2.24) is 15.1 Å². The number of carbonyl (C=O) groups is 2. The topological polar surface area (TPSA) is 104 Å². The lowest BCUT2D eigenvalue weighted by molar-refractivity contribution is 0.0697. The highest BCUT2D eigenvalue weighted by Crippen LogP contribution is 2.15.